The van der Waals surface area contributed by atoms with Crippen LogP contribution in [0.4, 0.5) is 13.2 Å². The summed E-state index contributed by atoms with van der Waals surface area (Å²) in [6.45, 7) is -0.235. The van der Waals surface area contributed by atoms with E-state index in [0.29, 0.717) is 11.1 Å². The van der Waals surface area contributed by atoms with Gasteiger partial charge in [-0.2, -0.15) is 23.1 Å². The van der Waals surface area contributed by atoms with E-state index in [0.717, 1.165) is 16.7 Å². The molecule has 9 nitrogen and oxygen atoms in total. The molecule has 4 aromatic rings. The van der Waals surface area contributed by atoms with Crippen LogP contribution in [-0.4, -0.2) is 37.1 Å². The van der Waals surface area contributed by atoms with Crippen molar-refractivity contribution in [1.29, 1.82) is 0 Å². The van der Waals surface area contributed by atoms with Crippen LogP contribution in [-0.2, 0) is 11.0 Å². The molecule has 3 aromatic heterocycles. The summed E-state index contributed by atoms with van der Waals surface area (Å²) in [5.74, 6) is -1.77. The smallest absolute Gasteiger partial charge is 0.417 e. The van der Waals surface area contributed by atoms with Crippen molar-refractivity contribution in [3.05, 3.63) is 62.7 Å². The summed E-state index contributed by atoms with van der Waals surface area (Å²) in [6.07, 6.45) is -2.79. The summed E-state index contributed by atoms with van der Waals surface area (Å²) >= 11 is 12.3. The number of hydrogen-bond donors (Lipinski definition) is 1. The molecule has 0 aliphatic rings. The fourth-order valence-electron chi connectivity index (χ4n) is 3.31. The zero-order chi connectivity index (χ0) is 24.6. The highest BCUT2D eigenvalue weighted by molar-refractivity contribution is 6.33. The molecule has 4 rings (SSSR count). The monoisotopic (exact) mass is 513 g/mol. The maximum atomic E-state index is 13.0. The number of carbonyl (C=O) groups is 1. The Labute approximate surface area is 198 Å². The number of rotatable bonds is 7. The first-order valence-electron chi connectivity index (χ1n) is 9.47. The lowest BCUT2D eigenvalue weighted by Gasteiger charge is -2.12. The molecule has 34 heavy (non-hydrogen) atoms. The number of nitrogens with zero attached hydrogens (tertiary/aromatic N) is 5. The van der Waals surface area contributed by atoms with Crippen LogP contribution in [0, 0.1) is 4.91 Å². The fourth-order valence-corrected chi connectivity index (χ4v) is 3.84. The number of nitroso groups, excluding NO2 is 1. The van der Waals surface area contributed by atoms with Crippen molar-refractivity contribution in [2.75, 3.05) is 6.54 Å². The van der Waals surface area contributed by atoms with Gasteiger partial charge in [0.15, 0.2) is 5.65 Å². The van der Waals surface area contributed by atoms with E-state index < -0.39 is 23.6 Å². The van der Waals surface area contributed by atoms with E-state index in [-0.39, 0.29) is 46.1 Å². The Morgan fingerprint density at radius 3 is 2.59 bits per heavy atom. The number of carboxylic acid groups (broad SMARTS) is 1. The first-order valence-corrected chi connectivity index (χ1v) is 10.2. The van der Waals surface area contributed by atoms with Gasteiger partial charge < -0.3 is 14.0 Å². The van der Waals surface area contributed by atoms with Crippen molar-refractivity contribution in [3.8, 4) is 23.0 Å². The zero-order valence-electron chi connectivity index (χ0n) is 16.8. The van der Waals surface area contributed by atoms with Crippen LogP contribution in [0.3, 0.4) is 0 Å². The molecule has 1 atom stereocenters. The number of aliphatic carboxylic acids is 1. The topological polar surface area (TPSA) is 123 Å². The molecule has 0 spiro atoms. The van der Waals surface area contributed by atoms with Crippen LogP contribution in [0.2, 0.25) is 10.0 Å². The minimum absolute atomic E-state index is 0.0639. The van der Waals surface area contributed by atoms with Gasteiger partial charge in [-0.05, 0) is 23.8 Å². The predicted molar refractivity (Wildman–Crippen MR) is 115 cm³/mol. The molecule has 0 amide bonds. The van der Waals surface area contributed by atoms with Crippen LogP contribution in [0.5, 0.6) is 0 Å². The van der Waals surface area contributed by atoms with E-state index in [1.54, 1.807) is 6.07 Å². The van der Waals surface area contributed by atoms with Crippen LogP contribution >= 0.6 is 23.2 Å². The maximum Gasteiger partial charge on any atom is 0.417 e. The van der Waals surface area contributed by atoms with E-state index in [4.69, 9.17) is 32.8 Å². The average molecular weight is 514 g/mol. The van der Waals surface area contributed by atoms with Gasteiger partial charge in [-0.3, -0.25) is 4.79 Å². The SMILES string of the molecule is O=NCC(CC(=O)O)c1ccc(-c2noc(-c3cn4cc(C(F)(F)F)cc(Cl)c4n3)n2)c(Cl)c1. The largest absolute Gasteiger partial charge is 0.481 e. The number of alkyl halides is 3. The average Bonchev–Trinajstić information content (AvgIpc) is 3.40. The molecule has 0 fully saturated rings. The van der Waals surface area contributed by atoms with Gasteiger partial charge in [-0.25, -0.2) is 4.98 Å². The molecule has 3 heterocycles. The van der Waals surface area contributed by atoms with Crippen LogP contribution < -0.4 is 0 Å². The third-order valence-corrected chi connectivity index (χ3v) is 5.49. The normalized spacial score (nSPS) is 12.7. The number of imidazole rings is 1. The van der Waals surface area contributed by atoms with Gasteiger partial charge in [-0.15, -0.1) is 0 Å². The van der Waals surface area contributed by atoms with E-state index in [2.05, 4.69) is 20.3 Å². The number of halogens is 5. The van der Waals surface area contributed by atoms with Crippen molar-refractivity contribution >= 4 is 34.8 Å². The Morgan fingerprint density at radius 1 is 1.18 bits per heavy atom. The van der Waals surface area contributed by atoms with Gasteiger partial charge in [0, 0.05) is 23.9 Å². The lowest BCUT2D eigenvalue weighted by atomic mass is 9.95. The number of benzene rings is 1. The first kappa shape index (κ1) is 23.6. The van der Waals surface area contributed by atoms with E-state index in [1.165, 1.54) is 18.3 Å². The van der Waals surface area contributed by atoms with Gasteiger partial charge in [0.2, 0.25) is 5.82 Å². The summed E-state index contributed by atoms with van der Waals surface area (Å²) in [5.41, 5.74) is 0.0500. The fraction of sp³-hybridized carbons (Fsp3) is 0.200. The van der Waals surface area contributed by atoms with Gasteiger partial charge in [0.05, 0.1) is 28.6 Å². The number of hydrogen-bond acceptors (Lipinski definition) is 7. The molecule has 0 radical (unpaired) electrons. The molecule has 0 saturated carbocycles. The molecule has 0 bridgehead atoms. The van der Waals surface area contributed by atoms with Gasteiger partial charge in [-0.1, -0.05) is 39.6 Å². The highest BCUT2D eigenvalue weighted by Gasteiger charge is 2.32. The maximum absolute atomic E-state index is 13.0. The van der Waals surface area contributed by atoms with E-state index in [1.807, 2.05) is 0 Å². The molecule has 1 aromatic carbocycles. The lowest BCUT2D eigenvalue weighted by molar-refractivity contribution is -0.138. The molecule has 176 valence electrons. The second-order valence-electron chi connectivity index (χ2n) is 7.20. The number of aromatic nitrogens is 4. The van der Waals surface area contributed by atoms with Gasteiger partial charge in [0.25, 0.3) is 5.89 Å². The standard InChI is InChI=1S/C20H12Cl2F3N5O4/c21-13-3-9(10(6-26-33)4-16(31)32)1-2-12(13)17-28-19(34-29-17)15-8-30-7-11(20(23,24)25)5-14(22)18(30)27-15/h1-3,5,7-8,10H,4,6H2,(H,31,32). The van der Waals surface area contributed by atoms with Crippen LogP contribution in [0.25, 0.3) is 28.6 Å². The van der Waals surface area contributed by atoms with Crippen molar-refractivity contribution in [2.24, 2.45) is 5.18 Å². The quantitative estimate of drug-likeness (QED) is 0.314. The summed E-state index contributed by atoms with van der Waals surface area (Å²) in [6, 6.07) is 5.35. The van der Waals surface area contributed by atoms with Crippen molar-refractivity contribution < 1.29 is 27.6 Å². The van der Waals surface area contributed by atoms with Gasteiger partial charge >= 0.3 is 12.1 Å². The lowest BCUT2D eigenvalue weighted by Crippen LogP contribution is -2.09. The molecule has 0 aliphatic heterocycles. The van der Waals surface area contributed by atoms with Crippen LogP contribution in [0.15, 0.2) is 46.4 Å². The summed E-state index contributed by atoms with van der Waals surface area (Å²) in [7, 11) is 0. The van der Waals surface area contributed by atoms with Crippen LogP contribution in [0.1, 0.15) is 23.5 Å². The number of carboxylic acids is 1. The Bertz CT molecular complexity index is 1400. The van der Waals surface area contributed by atoms with Crippen molar-refractivity contribution in [2.45, 2.75) is 18.5 Å². The van der Waals surface area contributed by atoms with Crippen molar-refractivity contribution in [3.63, 3.8) is 0 Å². The first-order chi connectivity index (χ1) is 16.1. The van der Waals surface area contributed by atoms with Crippen molar-refractivity contribution in [1.82, 2.24) is 19.5 Å². The zero-order valence-corrected chi connectivity index (χ0v) is 18.3. The third kappa shape index (κ3) is 4.73. The number of pyridine rings is 1. The molecular weight excluding hydrogens is 502 g/mol. The number of fused-ring (bicyclic) bond motifs is 1. The molecule has 0 saturated heterocycles. The predicted octanol–water partition coefficient (Wildman–Crippen LogP) is 5.70. The Kier molecular flexibility index (Phi) is 6.28. The summed E-state index contributed by atoms with van der Waals surface area (Å²) in [4.78, 5) is 30.1. The third-order valence-electron chi connectivity index (χ3n) is 4.90. The van der Waals surface area contributed by atoms with E-state index >= 15 is 0 Å². The Balaban J connectivity index is 1.66. The second-order valence-corrected chi connectivity index (χ2v) is 8.01. The molecule has 14 heteroatoms. The molecule has 1 N–H and O–H groups in total. The minimum atomic E-state index is -4.59. The molecule has 1 unspecified atom stereocenters. The minimum Gasteiger partial charge on any atom is -0.481 e. The molecule has 0 aliphatic carbocycles. The summed E-state index contributed by atoms with van der Waals surface area (Å²) in [5, 5.41) is 15.6. The Morgan fingerprint density at radius 2 is 1.94 bits per heavy atom. The second kappa shape index (κ2) is 9.03. The van der Waals surface area contributed by atoms with E-state index in [9.17, 15) is 22.9 Å². The summed E-state index contributed by atoms with van der Waals surface area (Å²) < 4.78 is 45.4. The highest BCUT2D eigenvalue weighted by atomic mass is 35.5. The van der Waals surface area contributed by atoms with Gasteiger partial charge in [0.1, 0.15) is 5.69 Å². The Hall–Kier alpha value is -3.51. The highest BCUT2D eigenvalue weighted by Crippen LogP contribution is 2.34. The molecular formula is C20H12Cl2F3N5O4.